The minimum atomic E-state index is -3.51. The van der Waals surface area contributed by atoms with Crippen molar-refractivity contribution in [1.82, 2.24) is 14.6 Å². The van der Waals surface area contributed by atoms with E-state index in [1.807, 2.05) is 19.0 Å². The van der Waals surface area contributed by atoms with Gasteiger partial charge in [-0.1, -0.05) is 0 Å². The highest BCUT2D eigenvalue weighted by molar-refractivity contribution is 7.89. The summed E-state index contributed by atoms with van der Waals surface area (Å²) in [6.07, 6.45) is 2.29. The van der Waals surface area contributed by atoms with Gasteiger partial charge in [0, 0.05) is 19.3 Å². The molecule has 0 saturated heterocycles. The Labute approximate surface area is 108 Å². The first kappa shape index (κ1) is 15.0. The van der Waals surface area contributed by atoms with Gasteiger partial charge in [-0.3, -0.25) is 4.98 Å². The van der Waals surface area contributed by atoms with Crippen LogP contribution in [0.4, 0.5) is 0 Å². The predicted molar refractivity (Wildman–Crippen MR) is 70.5 cm³/mol. The molecule has 7 heteroatoms. The molecular weight excluding hydrogens is 252 g/mol. The van der Waals surface area contributed by atoms with E-state index in [4.69, 9.17) is 5.73 Å². The number of nitrogens with two attached hydrogens (primary N) is 1. The van der Waals surface area contributed by atoms with Gasteiger partial charge in [0.05, 0.1) is 5.69 Å². The van der Waals surface area contributed by atoms with E-state index in [1.54, 1.807) is 6.07 Å². The molecule has 1 heterocycles. The molecular formula is C11H20N4O2S. The summed E-state index contributed by atoms with van der Waals surface area (Å²) in [4.78, 5) is 6.14. The predicted octanol–water partition coefficient (Wildman–Crippen LogP) is -0.230. The summed E-state index contributed by atoms with van der Waals surface area (Å²) in [5, 5.41) is 0. The van der Waals surface area contributed by atoms with Crippen LogP contribution < -0.4 is 10.5 Å². The molecule has 0 unspecified atom stereocenters. The topological polar surface area (TPSA) is 88.3 Å². The average molecular weight is 272 g/mol. The SMILES string of the molecule is CN(C)CCCNS(=O)(=O)c1cccnc1CN. The number of pyridine rings is 1. The largest absolute Gasteiger partial charge is 0.325 e. The quantitative estimate of drug-likeness (QED) is 0.669. The van der Waals surface area contributed by atoms with E-state index in [2.05, 4.69) is 9.71 Å². The third kappa shape index (κ3) is 4.34. The molecule has 0 aliphatic rings. The van der Waals surface area contributed by atoms with E-state index < -0.39 is 10.0 Å². The van der Waals surface area contributed by atoms with Crippen molar-refractivity contribution in [2.45, 2.75) is 17.9 Å². The van der Waals surface area contributed by atoms with Gasteiger partial charge < -0.3 is 10.6 Å². The van der Waals surface area contributed by atoms with Gasteiger partial charge in [-0.25, -0.2) is 13.1 Å². The molecule has 0 saturated carbocycles. The summed E-state index contributed by atoms with van der Waals surface area (Å²) in [5.41, 5.74) is 5.87. The van der Waals surface area contributed by atoms with E-state index in [0.717, 1.165) is 13.0 Å². The number of hydrogen-bond donors (Lipinski definition) is 2. The van der Waals surface area contributed by atoms with Gasteiger partial charge in [0.1, 0.15) is 4.90 Å². The Balaban J connectivity index is 2.68. The summed E-state index contributed by atoms with van der Waals surface area (Å²) in [5.74, 6) is 0. The second-order valence-electron chi connectivity index (χ2n) is 4.21. The lowest BCUT2D eigenvalue weighted by Crippen LogP contribution is -2.28. The van der Waals surface area contributed by atoms with Crippen molar-refractivity contribution < 1.29 is 8.42 Å². The zero-order valence-corrected chi connectivity index (χ0v) is 11.6. The van der Waals surface area contributed by atoms with E-state index in [1.165, 1.54) is 12.3 Å². The van der Waals surface area contributed by atoms with Crippen LogP contribution in [0.3, 0.4) is 0 Å². The Bertz CT molecular complexity index is 474. The molecule has 1 rings (SSSR count). The summed E-state index contributed by atoms with van der Waals surface area (Å²) < 4.78 is 26.6. The maximum Gasteiger partial charge on any atom is 0.242 e. The Morgan fingerprint density at radius 2 is 2.17 bits per heavy atom. The van der Waals surface area contributed by atoms with Gasteiger partial charge in [-0.05, 0) is 39.2 Å². The highest BCUT2D eigenvalue weighted by atomic mass is 32.2. The first-order valence-corrected chi connectivity index (χ1v) is 7.24. The molecule has 102 valence electrons. The molecule has 3 N–H and O–H groups in total. The van der Waals surface area contributed by atoms with Crippen molar-refractivity contribution in [3.8, 4) is 0 Å². The minimum Gasteiger partial charge on any atom is -0.325 e. The lowest BCUT2D eigenvalue weighted by Gasteiger charge is -2.11. The van der Waals surface area contributed by atoms with Crippen LogP contribution in [-0.4, -0.2) is 45.5 Å². The van der Waals surface area contributed by atoms with Gasteiger partial charge in [0.25, 0.3) is 0 Å². The Morgan fingerprint density at radius 3 is 2.78 bits per heavy atom. The molecule has 0 fully saturated rings. The highest BCUT2D eigenvalue weighted by Gasteiger charge is 2.17. The molecule has 0 amide bonds. The molecule has 0 radical (unpaired) electrons. The molecule has 0 aromatic carbocycles. The fourth-order valence-corrected chi connectivity index (χ4v) is 2.77. The third-order valence-electron chi connectivity index (χ3n) is 2.41. The number of nitrogens with one attached hydrogen (secondary N) is 1. The maximum atomic E-state index is 12.0. The van der Waals surface area contributed by atoms with Crippen molar-refractivity contribution >= 4 is 10.0 Å². The van der Waals surface area contributed by atoms with Crippen LogP contribution in [0.15, 0.2) is 23.2 Å². The monoisotopic (exact) mass is 272 g/mol. The Kier molecular flexibility index (Phi) is 5.67. The minimum absolute atomic E-state index is 0.106. The summed E-state index contributed by atoms with van der Waals surface area (Å²) in [7, 11) is 0.381. The van der Waals surface area contributed by atoms with Gasteiger partial charge in [0.2, 0.25) is 10.0 Å². The normalized spacial score (nSPS) is 12.0. The summed E-state index contributed by atoms with van der Waals surface area (Å²) >= 11 is 0. The Hall–Kier alpha value is -1.02. The molecule has 0 aliphatic heterocycles. The fourth-order valence-electron chi connectivity index (χ4n) is 1.50. The van der Waals surface area contributed by atoms with Crippen LogP contribution in [0.5, 0.6) is 0 Å². The number of nitrogens with zero attached hydrogens (tertiary/aromatic N) is 2. The van der Waals surface area contributed by atoms with Gasteiger partial charge in [-0.15, -0.1) is 0 Å². The molecule has 6 nitrogen and oxygen atoms in total. The maximum absolute atomic E-state index is 12.0. The average Bonchev–Trinajstić information content (AvgIpc) is 2.34. The number of aromatic nitrogens is 1. The molecule has 0 spiro atoms. The van der Waals surface area contributed by atoms with Crippen LogP contribution in [0, 0.1) is 0 Å². The molecule has 0 aliphatic carbocycles. The second kappa shape index (κ2) is 6.79. The first-order valence-electron chi connectivity index (χ1n) is 5.75. The van der Waals surface area contributed by atoms with E-state index in [-0.39, 0.29) is 11.4 Å². The molecule has 0 atom stereocenters. The number of hydrogen-bond acceptors (Lipinski definition) is 5. The first-order chi connectivity index (χ1) is 8.47. The van der Waals surface area contributed by atoms with Gasteiger partial charge in [0.15, 0.2) is 0 Å². The zero-order valence-electron chi connectivity index (χ0n) is 10.8. The van der Waals surface area contributed by atoms with Crippen LogP contribution in [0.1, 0.15) is 12.1 Å². The van der Waals surface area contributed by atoms with Gasteiger partial charge in [-0.2, -0.15) is 0 Å². The zero-order chi connectivity index (χ0) is 13.6. The van der Waals surface area contributed by atoms with Crippen molar-refractivity contribution in [3.63, 3.8) is 0 Å². The van der Waals surface area contributed by atoms with Crippen molar-refractivity contribution in [3.05, 3.63) is 24.0 Å². The standard InChI is InChI=1S/C11H20N4O2S/c1-15(2)8-4-7-14-18(16,17)11-5-3-6-13-10(11)9-12/h3,5-6,14H,4,7-9,12H2,1-2H3. The number of rotatable bonds is 7. The Morgan fingerprint density at radius 1 is 1.44 bits per heavy atom. The smallest absolute Gasteiger partial charge is 0.242 e. The number of sulfonamides is 1. The summed E-state index contributed by atoms with van der Waals surface area (Å²) in [6, 6.07) is 3.11. The van der Waals surface area contributed by atoms with Gasteiger partial charge >= 0.3 is 0 Å². The van der Waals surface area contributed by atoms with E-state index in [9.17, 15) is 8.42 Å². The van der Waals surface area contributed by atoms with Crippen molar-refractivity contribution in [1.29, 1.82) is 0 Å². The molecule has 1 aromatic heterocycles. The van der Waals surface area contributed by atoms with E-state index in [0.29, 0.717) is 12.2 Å². The fraction of sp³-hybridized carbons (Fsp3) is 0.545. The highest BCUT2D eigenvalue weighted by Crippen LogP contribution is 2.11. The van der Waals surface area contributed by atoms with E-state index >= 15 is 0 Å². The third-order valence-corrected chi connectivity index (χ3v) is 3.94. The van der Waals surface area contributed by atoms with Crippen molar-refractivity contribution in [2.24, 2.45) is 5.73 Å². The lowest BCUT2D eigenvalue weighted by atomic mass is 10.3. The van der Waals surface area contributed by atoms with Crippen LogP contribution in [0.2, 0.25) is 0 Å². The lowest BCUT2D eigenvalue weighted by molar-refractivity contribution is 0.400. The molecule has 18 heavy (non-hydrogen) atoms. The van der Waals surface area contributed by atoms with Crippen LogP contribution in [0.25, 0.3) is 0 Å². The summed E-state index contributed by atoms with van der Waals surface area (Å²) in [6.45, 7) is 1.34. The van der Waals surface area contributed by atoms with Crippen LogP contribution in [-0.2, 0) is 16.6 Å². The molecule has 1 aromatic rings. The van der Waals surface area contributed by atoms with Crippen molar-refractivity contribution in [2.75, 3.05) is 27.2 Å². The molecule has 0 bridgehead atoms. The van der Waals surface area contributed by atoms with Crippen LogP contribution >= 0.6 is 0 Å². The second-order valence-corrected chi connectivity index (χ2v) is 5.94.